The molecule has 0 radical (unpaired) electrons. The van der Waals surface area contributed by atoms with E-state index >= 15 is 0 Å². The van der Waals surface area contributed by atoms with Crippen molar-refractivity contribution in [3.8, 4) is 11.4 Å². The second-order valence-electron chi connectivity index (χ2n) is 6.18. The molecule has 0 atom stereocenters. The highest BCUT2D eigenvalue weighted by atomic mass is 35.5. The van der Waals surface area contributed by atoms with Gasteiger partial charge in [0.05, 0.1) is 10.7 Å². The van der Waals surface area contributed by atoms with Gasteiger partial charge in [-0.2, -0.15) is 4.98 Å². The lowest BCUT2D eigenvalue weighted by molar-refractivity contribution is 0.354. The van der Waals surface area contributed by atoms with E-state index in [-0.39, 0.29) is 4.21 Å². The van der Waals surface area contributed by atoms with Crippen LogP contribution in [-0.2, 0) is 10.0 Å². The zero-order valence-electron chi connectivity index (χ0n) is 13.7. The lowest BCUT2D eigenvalue weighted by Gasteiger charge is -2.07. The fourth-order valence-electron chi connectivity index (χ4n) is 3.00. The molecule has 1 fully saturated rings. The Morgan fingerprint density at radius 2 is 2.00 bits per heavy atom. The van der Waals surface area contributed by atoms with Crippen LogP contribution in [0.2, 0.25) is 5.02 Å². The largest absolute Gasteiger partial charge is 0.339 e. The lowest BCUT2D eigenvalue weighted by Crippen LogP contribution is -2.11. The Morgan fingerprint density at radius 3 is 2.77 bits per heavy atom. The maximum Gasteiger partial charge on any atom is 0.271 e. The molecule has 4 rings (SSSR count). The molecular formula is C17H16ClN3O3S2. The van der Waals surface area contributed by atoms with Gasteiger partial charge in [0.15, 0.2) is 0 Å². The average molecular weight is 410 g/mol. The Morgan fingerprint density at radius 1 is 1.23 bits per heavy atom. The molecular weight excluding hydrogens is 394 g/mol. The molecule has 6 nitrogen and oxygen atoms in total. The summed E-state index contributed by atoms with van der Waals surface area (Å²) in [6.45, 7) is 0. The number of anilines is 1. The van der Waals surface area contributed by atoms with Crippen LogP contribution < -0.4 is 4.72 Å². The van der Waals surface area contributed by atoms with Gasteiger partial charge in [0.2, 0.25) is 11.7 Å². The average Bonchev–Trinajstić information content (AvgIpc) is 3.37. The van der Waals surface area contributed by atoms with E-state index in [9.17, 15) is 8.42 Å². The number of para-hydroxylation sites is 1. The topological polar surface area (TPSA) is 85.1 Å². The molecule has 0 aliphatic heterocycles. The molecule has 0 bridgehead atoms. The Bertz CT molecular complexity index is 1020. The van der Waals surface area contributed by atoms with Crippen molar-refractivity contribution in [3.63, 3.8) is 0 Å². The minimum atomic E-state index is -3.73. The van der Waals surface area contributed by atoms with Crippen LogP contribution in [-0.4, -0.2) is 18.6 Å². The molecule has 0 unspecified atom stereocenters. The van der Waals surface area contributed by atoms with E-state index in [2.05, 4.69) is 14.9 Å². The third-order valence-electron chi connectivity index (χ3n) is 4.36. The van der Waals surface area contributed by atoms with Crippen molar-refractivity contribution in [2.24, 2.45) is 0 Å². The molecule has 26 heavy (non-hydrogen) atoms. The van der Waals surface area contributed by atoms with E-state index in [4.69, 9.17) is 16.1 Å². The summed E-state index contributed by atoms with van der Waals surface area (Å²) < 4.78 is 33.2. The van der Waals surface area contributed by atoms with Gasteiger partial charge in [-0.05, 0) is 31.0 Å². The predicted molar refractivity (Wildman–Crippen MR) is 101 cm³/mol. The molecule has 1 N–H and O–H groups in total. The van der Waals surface area contributed by atoms with Crippen LogP contribution in [0.15, 0.2) is 44.4 Å². The molecule has 0 saturated heterocycles. The van der Waals surface area contributed by atoms with E-state index in [1.807, 2.05) is 0 Å². The first kappa shape index (κ1) is 17.5. The molecule has 0 amide bonds. The van der Waals surface area contributed by atoms with Gasteiger partial charge in [-0.15, -0.1) is 11.3 Å². The van der Waals surface area contributed by atoms with Crippen molar-refractivity contribution in [2.75, 3.05) is 4.72 Å². The highest BCUT2D eigenvalue weighted by Crippen LogP contribution is 2.35. The SMILES string of the molecule is O=S(=O)(Nc1ccccc1Cl)c1cc(-c2noc(C3CCCC3)n2)cs1. The number of hydrogen-bond donors (Lipinski definition) is 1. The van der Waals surface area contributed by atoms with Crippen LogP contribution in [0.25, 0.3) is 11.4 Å². The van der Waals surface area contributed by atoms with E-state index < -0.39 is 10.0 Å². The molecule has 3 aromatic rings. The number of aromatic nitrogens is 2. The summed E-state index contributed by atoms with van der Waals surface area (Å²) in [7, 11) is -3.73. The zero-order chi connectivity index (χ0) is 18.1. The van der Waals surface area contributed by atoms with E-state index in [1.54, 1.807) is 35.7 Å². The minimum Gasteiger partial charge on any atom is -0.339 e. The number of nitrogens with zero attached hydrogens (tertiary/aromatic N) is 2. The fourth-order valence-corrected chi connectivity index (χ4v) is 5.48. The molecule has 2 heterocycles. The number of sulfonamides is 1. The van der Waals surface area contributed by atoms with Crippen LogP contribution in [0.4, 0.5) is 5.69 Å². The van der Waals surface area contributed by atoms with Gasteiger partial charge in [0.25, 0.3) is 10.0 Å². The van der Waals surface area contributed by atoms with Crippen LogP contribution in [0.3, 0.4) is 0 Å². The Balaban J connectivity index is 1.56. The number of nitrogens with one attached hydrogen (secondary N) is 1. The molecule has 1 aromatic carbocycles. The van der Waals surface area contributed by atoms with E-state index in [0.717, 1.165) is 24.2 Å². The molecule has 2 aromatic heterocycles. The highest BCUT2D eigenvalue weighted by molar-refractivity contribution is 7.94. The monoisotopic (exact) mass is 409 g/mol. The fraction of sp³-hybridized carbons (Fsp3) is 0.294. The van der Waals surface area contributed by atoms with Crippen molar-refractivity contribution in [2.45, 2.75) is 35.8 Å². The number of thiophene rings is 1. The van der Waals surface area contributed by atoms with Crippen molar-refractivity contribution >= 4 is 38.6 Å². The van der Waals surface area contributed by atoms with E-state index in [0.29, 0.717) is 33.9 Å². The summed E-state index contributed by atoms with van der Waals surface area (Å²) in [5.74, 6) is 1.38. The van der Waals surface area contributed by atoms with Crippen molar-refractivity contribution in [3.05, 3.63) is 46.6 Å². The molecule has 1 aliphatic carbocycles. The molecule has 9 heteroatoms. The van der Waals surface area contributed by atoms with Gasteiger partial charge in [0.1, 0.15) is 4.21 Å². The van der Waals surface area contributed by atoms with Gasteiger partial charge < -0.3 is 4.52 Å². The number of rotatable bonds is 5. The predicted octanol–water partition coefficient (Wildman–Crippen LogP) is 4.91. The summed E-state index contributed by atoms with van der Waals surface area (Å²) >= 11 is 7.13. The van der Waals surface area contributed by atoms with Crippen LogP contribution in [0, 0.1) is 0 Å². The summed E-state index contributed by atoms with van der Waals surface area (Å²) in [5, 5.41) is 6.06. The second-order valence-corrected chi connectivity index (χ2v) is 9.41. The van der Waals surface area contributed by atoms with Crippen molar-refractivity contribution in [1.29, 1.82) is 0 Å². The maximum absolute atomic E-state index is 12.6. The van der Waals surface area contributed by atoms with Gasteiger partial charge in [-0.25, -0.2) is 8.42 Å². The van der Waals surface area contributed by atoms with Crippen LogP contribution in [0.1, 0.15) is 37.5 Å². The number of halogens is 1. The molecule has 0 spiro atoms. The Hall–Kier alpha value is -1.90. The third kappa shape index (κ3) is 3.49. The van der Waals surface area contributed by atoms with Crippen molar-refractivity contribution < 1.29 is 12.9 Å². The molecule has 1 saturated carbocycles. The number of hydrogen-bond acceptors (Lipinski definition) is 6. The first-order chi connectivity index (χ1) is 12.5. The first-order valence-corrected chi connectivity index (χ1v) is 11.0. The van der Waals surface area contributed by atoms with Crippen molar-refractivity contribution in [1.82, 2.24) is 10.1 Å². The standard InChI is InChI=1S/C17H16ClN3O3S2/c18-13-7-3-4-8-14(13)21-26(22,23)15-9-12(10-25-15)16-19-17(24-20-16)11-5-1-2-6-11/h3-4,7-11,21H,1-2,5-6H2. The quantitative estimate of drug-likeness (QED) is 0.647. The van der Waals surface area contributed by atoms with Crippen LogP contribution in [0.5, 0.6) is 0 Å². The highest BCUT2D eigenvalue weighted by Gasteiger charge is 2.24. The summed E-state index contributed by atoms with van der Waals surface area (Å²) in [4.78, 5) is 4.45. The summed E-state index contributed by atoms with van der Waals surface area (Å²) in [5.41, 5.74) is 0.967. The van der Waals surface area contributed by atoms with Gasteiger partial charge >= 0.3 is 0 Å². The second kappa shape index (κ2) is 7.02. The smallest absolute Gasteiger partial charge is 0.271 e. The van der Waals surface area contributed by atoms with E-state index in [1.165, 1.54) is 12.8 Å². The summed E-state index contributed by atoms with van der Waals surface area (Å²) in [6.07, 6.45) is 4.48. The molecule has 136 valence electrons. The van der Waals surface area contributed by atoms with Gasteiger partial charge in [0, 0.05) is 16.9 Å². The zero-order valence-corrected chi connectivity index (χ0v) is 16.1. The van der Waals surface area contributed by atoms with Gasteiger partial charge in [-0.1, -0.05) is 41.7 Å². The minimum absolute atomic E-state index is 0.166. The van der Waals surface area contributed by atoms with Gasteiger partial charge in [-0.3, -0.25) is 4.72 Å². The molecule has 1 aliphatic rings. The Kier molecular flexibility index (Phi) is 4.73. The maximum atomic E-state index is 12.6. The third-order valence-corrected chi connectivity index (χ3v) is 7.50. The first-order valence-electron chi connectivity index (χ1n) is 8.23. The lowest BCUT2D eigenvalue weighted by atomic mass is 10.1. The van der Waals surface area contributed by atoms with Crippen LogP contribution >= 0.6 is 22.9 Å². The number of benzene rings is 1. The summed E-state index contributed by atoms with van der Waals surface area (Å²) in [6, 6.07) is 8.24. The normalized spacial score (nSPS) is 15.4. The Labute approximate surface area is 160 Å².